The summed E-state index contributed by atoms with van der Waals surface area (Å²) in [4.78, 5) is 3.62. The predicted octanol–water partition coefficient (Wildman–Crippen LogP) is 0.617. The minimum Gasteiger partial charge on any atom is -0.390 e. The number of hydrogen-bond donors (Lipinski definition) is 3. The zero-order chi connectivity index (χ0) is 11.4. The first-order chi connectivity index (χ1) is 7.06. The largest absolute Gasteiger partial charge is 0.390 e. The van der Waals surface area contributed by atoms with Crippen LogP contribution in [0.15, 0.2) is 12.3 Å². The molecule has 1 rings (SSSR count). The highest BCUT2D eigenvalue weighted by Crippen LogP contribution is 2.21. The Balaban J connectivity index is 2.86. The van der Waals surface area contributed by atoms with Crippen LogP contribution in [-0.2, 0) is 0 Å². The Hall–Kier alpha value is -0.750. The van der Waals surface area contributed by atoms with Crippen molar-refractivity contribution >= 4 is 11.6 Å². The van der Waals surface area contributed by atoms with Gasteiger partial charge in [0.25, 0.3) is 0 Å². The van der Waals surface area contributed by atoms with Gasteiger partial charge in [-0.1, -0.05) is 11.6 Å². The smallest absolute Gasteiger partial charge is 0.148 e. The topological polar surface area (TPSA) is 79.4 Å². The SMILES string of the molecule is NCCC(O)C(O)c1ncc(Cl)cc1F. The molecule has 0 aliphatic rings. The molecule has 0 spiro atoms. The van der Waals surface area contributed by atoms with Gasteiger partial charge in [0.15, 0.2) is 0 Å². The van der Waals surface area contributed by atoms with Crippen molar-refractivity contribution in [2.75, 3.05) is 6.54 Å². The van der Waals surface area contributed by atoms with Gasteiger partial charge < -0.3 is 15.9 Å². The Labute approximate surface area is 91.5 Å². The normalized spacial score (nSPS) is 15.0. The molecule has 2 unspecified atom stereocenters. The van der Waals surface area contributed by atoms with Crippen LogP contribution in [0.5, 0.6) is 0 Å². The standard InChI is InChI=1S/C9H12ClFN2O2/c10-5-3-6(11)8(13-4-5)9(15)7(14)1-2-12/h3-4,7,9,14-15H,1-2,12H2. The van der Waals surface area contributed by atoms with Crippen LogP contribution in [0, 0.1) is 5.82 Å². The number of aromatic nitrogens is 1. The summed E-state index contributed by atoms with van der Waals surface area (Å²) in [5, 5.41) is 19.1. The van der Waals surface area contributed by atoms with E-state index in [0.717, 1.165) is 6.07 Å². The third-order valence-corrected chi connectivity index (χ3v) is 2.15. The number of aliphatic hydroxyl groups is 2. The maximum Gasteiger partial charge on any atom is 0.148 e. The Morgan fingerprint density at radius 1 is 1.53 bits per heavy atom. The summed E-state index contributed by atoms with van der Waals surface area (Å²) < 4.78 is 13.3. The maximum atomic E-state index is 13.3. The van der Waals surface area contributed by atoms with Crippen LogP contribution >= 0.6 is 11.6 Å². The van der Waals surface area contributed by atoms with Crippen molar-refractivity contribution < 1.29 is 14.6 Å². The molecule has 0 aliphatic carbocycles. The van der Waals surface area contributed by atoms with Crippen molar-refractivity contribution in [3.63, 3.8) is 0 Å². The number of halogens is 2. The van der Waals surface area contributed by atoms with Gasteiger partial charge in [-0.15, -0.1) is 0 Å². The van der Waals surface area contributed by atoms with Crippen LogP contribution in [0.4, 0.5) is 4.39 Å². The lowest BCUT2D eigenvalue weighted by molar-refractivity contribution is 0.0103. The molecule has 0 fully saturated rings. The van der Waals surface area contributed by atoms with E-state index in [0.29, 0.717) is 0 Å². The summed E-state index contributed by atoms with van der Waals surface area (Å²) >= 11 is 5.50. The molecule has 84 valence electrons. The van der Waals surface area contributed by atoms with Crippen LogP contribution in [0.3, 0.4) is 0 Å². The summed E-state index contributed by atoms with van der Waals surface area (Å²) in [5.41, 5.74) is 4.98. The minimum atomic E-state index is -1.38. The molecule has 0 aliphatic heterocycles. The van der Waals surface area contributed by atoms with Gasteiger partial charge in [0.05, 0.1) is 11.1 Å². The molecule has 1 aromatic heterocycles. The quantitative estimate of drug-likeness (QED) is 0.714. The number of rotatable bonds is 4. The molecule has 0 bridgehead atoms. The van der Waals surface area contributed by atoms with E-state index in [4.69, 9.17) is 17.3 Å². The third-order valence-electron chi connectivity index (χ3n) is 1.94. The first-order valence-electron chi connectivity index (χ1n) is 4.43. The van der Waals surface area contributed by atoms with Gasteiger partial charge in [0.2, 0.25) is 0 Å². The van der Waals surface area contributed by atoms with Gasteiger partial charge >= 0.3 is 0 Å². The fourth-order valence-electron chi connectivity index (χ4n) is 1.15. The Morgan fingerprint density at radius 2 is 2.20 bits per heavy atom. The number of nitrogens with zero attached hydrogens (tertiary/aromatic N) is 1. The van der Waals surface area contributed by atoms with Crippen LogP contribution in [0.25, 0.3) is 0 Å². The van der Waals surface area contributed by atoms with E-state index in [-0.39, 0.29) is 23.7 Å². The van der Waals surface area contributed by atoms with Crippen LogP contribution in [-0.4, -0.2) is 27.8 Å². The average Bonchev–Trinajstić information content (AvgIpc) is 2.17. The molecule has 4 N–H and O–H groups in total. The molecule has 4 nitrogen and oxygen atoms in total. The molecule has 6 heteroatoms. The van der Waals surface area contributed by atoms with Gasteiger partial charge in [0, 0.05) is 6.20 Å². The molecule has 1 heterocycles. The maximum absolute atomic E-state index is 13.3. The van der Waals surface area contributed by atoms with Crippen molar-refractivity contribution in [1.82, 2.24) is 4.98 Å². The van der Waals surface area contributed by atoms with E-state index < -0.39 is 18.0 Å². The lowest BCUT2D eigenvalue weighted by Crippen LogP contribution is -2.23. The van der Waals surface area contributed by atoms with Gasteiger partial charge in [-0.05, 0) is 19.0 Å². The fraction of sp³-hybridized carbons (Fsp3) is 0.444. The second-order valence-electron chi connectivity index (χ2n) is 3.11. The first kappa shape index (κ1) is 12.3. The highest BCUT2D eigenvalue weighted by atomic mass is 35.5. The highest BCUT2D eigenvalue weighted by Gasteiger charge is 2.22. The van der Waals surface area contributed by atoms with Crippen LogP contribution in [0.1, 0.15) is 18.2 Å². The molecule has 0 saturated carbocycles. The van der Waals surface area contributed by atoms with Crippen LogP contribution < -0.4 is 5.73 Å². The van der Waals surface area contributed by atoms with Gasteiger partial charge in [-0.25, -0.2) is 4.39 Å². The van der Waals surface area contributed by atoms with E-state index in [1.54, 1.807) is 0 Å². The second-order valence-corrected chi connectivity index (χ2v) is 3.55. The average molecular weight is 235 g/mol. The first-order valence-corrected chi connectivity index (χ1v) is 4.81. The monoisotopic (exact) mass is 234 g/mol. The molecular weight excluding hydrogens is 223 g/mol. The number of aliphatic hydroxyl groups excluding tert-OH is 2. The number of nitrogens with two attached hydrogens (primary N) is 1. The molecular formula is C9H12ClFN2O2. The number of hydrogen-bond acceptors (Lipinski definition) is 4. The van der Waals surface area contributed by atoms with Crippen molar-refractivity contribution in [3.8, 4) is 0 Å². The zero-order valence-electron chi connectivity index (χ0n) is 7.90. The Bertz CT molecular complexity index is 338. The van der Waals surface area contributed by atoms with Gasteiger partial charge in [0.1, 0.15) is 17.6 Å². The second kappa shape index (κ2) is 5.37. The molecule has 2 atom stereocenters. The van der Waals surface area contributed by atoms with E-state index in [2.05, 4.69) is 4.98 Å². The molecule has 0 radical (unpaired) electrons. The minimum absolute atomic E-state index is 0.136. The van der Waals surface area contributed by atoms with E-state index in [1.807, 2.05) is 0 Å². The number of pyridine rings is 1. The third kappa shape index (κ3) is 3.10. The fourth-order valence-corrected chi connectivity index (χ4v) is 1.30. The van der Waals surface area contributed by atoms with Gasteiger partial charge in [-0.3, -0.25) is 4.98 Å². The Morgan fingerprint density at radius 3 is 2.73 bits per heavy atom. The van der Waals surface area contributed by atoms with Gasteiger partial charge in [-0.2, -0.15) is 0 Å². The van der Waals surface area contributed by atoms with Crippen molar-refractivity contribution in [2.24, 2.45) is 5.73 Å². The van der Waals surface area contributed by atoms with E-state index in [9.17, 15) is 14.6 Å². The Kier molecular flexibility index (Phi) is 4.41. The molecule has 0 saturated heterocycles. The summed E-state index contributed by atoms with van der Waals surface area (Å²) in [6, 6.07) is 1.03. The zero-order valence-corrected chi connectivity index (χ0v) is 8.65. The molecule has 0 aromatic carbocycles. The van der Waals surface area contributed by atoms with E-state index >= 15 is 0 Å². The van der Waals surface area contributed by atoms with E-state index in [1.165, 1.54) is 6.20 Å². The molecule has 0 amide bonds. The summed E-state index contributed by atoms with van der Waals surface area (Å²) in [6.07, 6.45) is -1.13. The summed E-state index contributed by atoms with van der Waals surface area (Å²) in [6.45, 7) is 0.202. The van der Waals surface area contributed by atoms with Crippen molar-refractivity contribution in [2.45, 2.75) is 18.6 Å². The molecule has 1 aromatic rings. The van der Waals surface area contributed by atoms with Crippen molar-refractivity contribution in [1.29, 1.82) is 0 Å². The molecule has 15 heavy (non-hydrogen) atoms. The predicted molar refractivity (Wildman–Crippen MR) is 53.8 cm³/mol. The van der Waals surface area contributed by atoms with Crippen LogP contribution in [0.2, 0.25) is 5.02 Å². The summed E-state index contributed by atoms with van der Waals surface area (Å²) in [5.74, 6) is -0.744. The summed E-state index contributed by atoms with van der Waals surface area (Å²) in [7, 11) is 0. The lowest BCUT2D eigenvalue weighted by atomic mass is 10.1. The lowest BCUT2D eigenvalue weighted by Gasteiger charge is -2.16. The van der Waals surface area contributed by atoms with Crippen molar-refractivity contribution in [3.05, 3.63) is 28.8 Å². The highest BCUT2D eigenvalue weighted by molar-refractivity contribution is 6.30.